The fraction of sp³-hybridized carbons (Fsp3) is 0.500. The highest BCUT2D eigenvalue weighted by Gasteiger charge is 2.24. The zero-order valence-corrected chi connectivity index (χ0v) is 14.0. The highest BCUT2D eigenvalue weighted by molar-refractivity contribution is 7.90. The molecule has 0 spiro atoms. The van der Waals surface area contributed by atoms with Gasteiger partial charge in [-0.1, -0.05) is 5.16 Å². The Morgan fingerprint density at radius 3 is 2.61 bits per heavy atom. The van der Waals surface area contributed by atoms with Gasteiger partial charge in [0.1, 0.15) is 10.7 Å². The highest BCUT2D eigenvalue weighted by Crippen LogP contribution is 2.23. The Kier molecular flexibility index (Phi) is 4.31. The van der Waals surface area contributed by atoms with Crippen molar-refractivity contribution in [3.05, 3.63) is 30.0 Å². The number of hydrogen-bond acceptors (Lipinski definition) is 8. The van der Waals surface area contributed by atoms with E-state index in [0.29, 0.717) is 37.2 Å². The van der Waals surface area contributed by atoms with Crippen LogP contribution < -0.4 is 4.90 Å². The van der Waals surface area contributed by atoms with Crippen LogP contribution in [0.3, 0.4) is 0 Å². The van der Waals surface area contributed by atoms with E-state index >= 15 is 0 Å². The molecule has 9 heteroatoms. The lowest BCUT2D eigenvalue weighted by Crippen LogP contribution is -2.46. The minimum atomic E-state index is -3.29. The molecular formula is C14H19N5O3S. The molecule has 2 aromatic heterocycles. The van der Waals surface area contributed by atoms with E-state index in [-0.39, 0.29) is 4.90 Å². The fourth-order valence-corrected chi connectivity index (χ4v) is 3.47. The van der Waals surface area contributed by atoms with E-state index < -0.39 is 9.84 Å². The van der Waals surface area contributed by atoms with Crippen molar-refractivity contribution in [1.82, 2.24) is 20.0 Å². The van der Waals surface area contributed by atoms with Gasteiger partial charge in [-0.2, -0.15) is 4.98 Å². The van der Waals surface area contributed by atoms with Gasteiger partial charge in [0.25, 0.3) is 0 Å². The van der Waals surface area contributed by atoms with E-state index in [0.717, 1.165) is 13.1 Å². The molecule has 8 nitrogen and oxygen atoms in total. The fourth-order valence-electron chi connectivity index (χ4n) is 2.63. The molecule has 1 aliphatic rings. The summed E-state index contributed by atoms with van der Waals surface area (Å²) in [5.74, 6) is 1.76. The van der Waals surface area contributed by atoms with Gasteiger partial charge in [-0.25, -0.2) is 13.4 Å². The van der Waals surface area contributed by atoms with Gasteiger partial charge in [0, 0.05) is 45.6 Å². The molecule has 23 heavy (non-hydrogen) atoms. The molecule has 0 amide bonds. The van der Waals surface area contributed by atoms with Crippen molar-refractivity contribution in [3.8, 4) is 0 Å². The molecule has 0 N–H and O–H groups in total. The van der Waals surface area contributed by atoms with Crippen molar-refractivity contribution in [2.75, 3.05) is 37.3 Å². The maximum absolute atomic E-state index is 11.9. The third-order valence-corrected chi connectivity index (χ3v) is 4.87. The van der Waals surface area contributed by atoms with Gasteiger partial charge in [0.2, 0.25) is 5.89 Å². The van der Waals surface area contributed by atoms with Gasteiger partial charge in [0.05, 0.1) is 6.54 Å². The molecule has 0 atom stereocenters. The van der Waals surface area contributed by atoms with Crippen molar-refractivity contribution in [2.24, 2.45) is 0 Å². The van der Waals surface area contributed by atoms with Crippen molar-refractivity contribution >= 4 is 15.7 Å². The van der Waals surface area contributed by atoms with Crippen LogP contribution in [0.4, 0.5) is 5.82 Å². The van der Waals surface area contributed by atoms with E-state index in [2.05, 4.69) is 20.0 Å². The Morgan fingerprint density at radius 2 is 2.00 bits per heavy atom. The van der Waals surface area contributed by atoms with Crippen LogP contribution in [0, 0.1) is 6.92 Å². The van der Waals surface area contributed by atoms with E-state index in [9.17, 15) is 8.42 Å². The summed E-state index contributed by atoms with van der Waals surface area (Å²) in [7, 11) is -3.29. The van der Waals surface area contributed by atoms with Crippen molar-refractivity contribution in [2.45, 2.75) is 18.4 Å². The SMILES string of the molecule is Cc1nc(CN2CCN(c3ncccc3S(C)(=O)=O)CC2)no1. The van der Waals surface area contributed by atoms with Crippen molar-refractivity contribution in [3.63, 3.8) is 0 Å². The second-order valence-electron chi connectivity index (χ2n) is 5.59. The molecule has 1 fully saturated rings. The predicted molar refractivity (Wildman–Crippen MR) is 83.9 cm³/mol. The summed E-state index contributed by atoms with van der Waals surface area (Å²) in [6, 6.07) is 3.25. The summed E-state index contributed by atoms with van der Waals surface area (Å²) in [5, 5.41) is 3.90. The van der Waals surface area contributed by atoms with Gasteiger partial charge >= 0.3 is 0 Å². The van der Waals surface area contributed by atoms with Gasteiger partial charge in [-0.05, 0) is 12.1 Å². The number of hydrogen-bond donors (Lipinski definition) is 0. The third-order valence-electron chi connectivity index (χ3n) is 3.76. The Hall–Kier alpha value is -2.00. The first-order valence-corrected chi connectivity index (χ1v) is 9.24. The van der Waals surface area contributed by atoms with Crippen LogP contribution in [0.1, 0.15) is 11.7 Å². The Bertz CT molecular complexity index is 781. The van der Waals surface area contributed by atoms with Crippen molar-refractivity contribution < 1.29 is 12.9 Å². The minimum absolute atomic E-state index is 0.280. The molecule has 0 radical (unpaired) electrons. The molecule has 0 saturated carbocycles. The van der Waals surface area contributed by atoms with Gasteiger partial charge in [-0.3, -0.25) is 4.90 Å². The van der Waals surface area contributed by atoms with E-state index in [1.807, 2.05) is 4.90 Å². The lowest BCUT2D eigenvalue weighted by atomic mass is 10.3. The second-order valence-corrected chi connectivity index (χ2v) is 7.57. The smallest absolute Gasteiger partial charge is 0.223 e. The van der Waals surface area contributed by atoms with E-state index in [4.69, 9.17) is 4.52 Å². The molecule has 1 saturated heterocycles. The summed E-state index contributed by atoms with van der Waals surface area (Å²) >= 11 is 0. The number of rotatable bonds is 4. The quantitative estimate of drug-likeness (QED) is 0.796. The van der Waals surface area contributed by atoms with Gasteiger partial charge in [-0.15, -0.1) is 0 Å². The number of nitrogens with zero attached hydrogens (tertiary/aromatic N) is 5. The number of sulfone groups is 1. The molecule has 3 rings (SSSR count). The Balaban J connectivity index is 1.68. The molecule has 0 aromatic carbocycles. The number of piperazine rings is 1. The lowest BCUT2D eigenvalue weighted by molar-refractivity contribution is 0.239. The third kappa shape index (κ3) is 3.67. The average Bonchev–Trinajstić information content (AvgIpc) is 2.92. The standard InChI is InChI=1S/C14H19N5O3S/c1-11-16-13(17-22-11)10-18-6-8-19(9-7-18)14-12(23(2,20)21)4-3-5-15-14/h3-5H,6-10H2,1-2H3. The summed E-state index contributed by atoms with van der Waals surface area (Å²) in [5.41, 5.74) is 0. The van der Waals surface area contributed by atoms with Crippen LogP contribution in [0.2, 0.25) is 0 Å². The van der Waals surface area contributed by atoms with E-state index in [1.165, 1.54) is 6.26 Å². The molecular weight excluding hydrogens is 318 g/mol. The Morgan fingerprint density at radius 1 is 1.26 bits per heavy atom. The van der Waals surface area contributed by atoms with Crippen LogP contribution >= 0.6 is 0 Å². The van der Waals surface area contributed by atoms with Crippen LogP contribution in [-0.2, 0) is 16.4 Å². The van der Waals surface area contributed by atoms with E-state index in [1.54, 1.807) is 25.3 Å². The largest absolute Gasteiger partial charge is 0.353 e. The molecule has 0 unspecified atom stereocenters. The van der Waals surface area contributed by atoms with Gasteiger partial charge < -0.3 is 9.42 Å². The zero-order valence-electron chi connectivity index (χ0n) is 13.1. The first-order chi connectivity index (χ1) is 10.9. The summed E-state index contributed by atoms with van der Waals surface area (Å²) in [6.45, 7) is 5.38. The van der Waals surface area contributed by atoms with Crippen molar-refractivity contribution in [1.29, 1.82) is 0 Å². The molecule has 2 aromatic rings. The normalized spacial score (nSPS) is 16.7. The Labute approximate surface area is 135 Å². The van der Waals surface area contributed by atoms with Crippen LogP contribution in [-0.4, -0.2) is 60.9 Å². The second kappa shape index (κ2) is 6.25. The minimum Gasteiger partial charge on any atom is -0.353 e. The first-order valence-electron chi connectivity index (χ1n) is 7.35. The first kappa shape index (κ1) is 15.9. The zero-order chi connectivity index (χ0) is 16.4. The monoisotopic (exact) mass is 337 g/mol. The summed E-state index contributed by atoms with van der Waals surface area (Å²) < 4.78 is 28.8. The molecule has 0 aliphatic carbocycles. The highest BCUT2D eigenvalue weighted by atomic mass is 32.2. The van der Waals surface area contributed by atoms with Crippen LogP contribution in [0.5, 0.6) is 0 Å². The van der Waals surface area contributed by atoms with Gasteiger partial charge in [0.15, 0.2) is 15.7 Å². The molecule has 124 valence electrons. The number of aromatic nitrogens is 3. The van der Waals surface area contributed by atoms with Crippen LogP contribution in [0.25, 0.3) is 0 Å². The average molecular weight is 337 g/mol. The molecule has 0 bridgehead atoms. The molecule has 1 aliphatic heterocycles. The summed E-state index contributed by atoms with van der Waals surface area (Å²) in [6.07, 6.45) is 2.83. The maximum Gasteiger partial charge on any atom is 0.223 e. The maximum atomic E-state index is 11.9. The number of anilines is 1. The number of pyridine rings is 1. The topological polar surface area (TPSA) is 92.4 Å². The molecule has 3 heterocycles. The lowest BCUT2D eigenvalue weighted by Gasteiger charge is -2.35. The van der Waals surface area contributed by atoms with Crippen LogP contribution in [0.15, 0.2) is 27.7 Å². The predicted octanol–water partition coefficient (Wildman–Crippen LogP) is 0.499. The number of aryl methyl sites for hydroxylation is 1. The summed E-state index contributed by atoms with van der Waals surface area (Å²) in [4.78, 5) is 13.0.